The Bertz CT molecular complexity index is 544. The number of carbonyl (C=O) groups is 1. The lowest BCUT2D eigenvalue weighted by molar-refractivity contribution is -0.118. The lowest BCUT2D eigenvalue weighted by atomic mass is 10.0. The zero-order chi connectivity index (χ0) is 12.8. The molecule has 3 heteroatoms. The lowest BCUT2D eigenvalue weighted by Gasteiger charge is -2.01. The summed E-state index contributed by atoms with van der Waals surface area (Å²) in [6.45, 7) is 1.43. The van der Waals surface area contributed by atoms with Gasteiger partial charge in [0.15, 0.2) is 0 Å². The molecule has 0 spiro atoms. The molecule has 0 fully saturated rings. The number of hydrogen-bond donors (Lipinski definition) is 1. The Morgan fingerprint density at radius 3 is 2.22 bits per heavy atom. The van der Waals surface area contributed by atoms with E-state index in [9.17, 15) is 4.79 Å². The van der Waals surface area contributed by atoms with Crippen LogP contribution in [0.5, 0.6) is 0 Å². The number of hydrazone groups is 1. The molecule has 90 valence electrons. The highest BCUT2D eigenvalue weighted by Gasteiger charge is 1.95. The van der Waals surface area contributed by atoms with E-state index >= 15 is 0 Å². The molecule has 1 amide bonds. The number of rotatable bonds is 3. The Balaban J connectivity index is 2.11. The van der Waals surface area contributed by atoms with E-state index in [1.807, 2.05) is 42.5 Å². The van der Waals surface area contributed by atoms with E-state index in [0.29, 0.717) is 0 Å². The third-order valence-corrected chi connectivity index (χ3v) is 2.45. The van der Waals surface area contributed by atoms with Crippen molar-refractivity contribution >= 4 is 12.1 Å². The van der Waals surface area contributed by atoms with E-state index in [-0.39, 0.29) is 5.91 Å². The molecule has 18 heavy (non-hydrogen) atoms. The Labute approximate surface area is 106 Å². The van der Waals surface area contributed by atoms with Crippen molar-refractivity contribution in [1.82, 2.24) is 5.43 Å². The minimum absolute atomic E-state index is 0.174. The van der Waals surface area contributed by atoms with Crippen LogP contribution in [0.3, 0.4) is 0 Å². The molecule has 0 saturated heterocycles. The van der Waals surface area contributed by atoms with Crippen LogP contribution in [0, 0.1) is 0 Å². The van der Waals surface area contributed by atoms with Crippen LogP contribution in [0.1, 0.15) is 12.5 Å². The summed E-state index contributed by atoms with van der Waals surface area (Å²) in [5.74, 6) is -0.174. The Kier molecular flexibility index (Phi) is 3.86. The molecule has 3 nitrogen and oxygen atoms in total. The molecule has 0 unspecified atom stereocenters. The summed E-state index contributed by atoms with van der Waals surface area (Å²) >= 11 is 0. The van der Waals surface area contributed by atoms with Gasteiger partial charge in [0, 0.05) is 6.92 Å². The predicted molar refractivity (Wildman–Crippen MR) is 73.3 cm³/mol. The fraction of sp³-hybridized carbons (Fsp3) is 0.0667. The van der Waals surface area contributed by atoms with Gasteiger partial charge in [-0.15, -0.1) is 0 Å². The quantitative estimate of drug-likeness (QED) is 0.648. The molecule has 0 aliphatic heterocycles. The summed E-state index contributed by atoms with van der Waals surface area (Å²) in [4.78, 5) is 10.6. The Morgan fingerprint density at radius 1 is 1.00 bits per heavy atom. The Hall–Kier alpha value is -2.42. The number of nitrogens with one attached hydrogen (secondary N) is 1. The van der Waals surface area contributed by atoms with Crippen molar-refractivity contribution in [2.45, 2.75) is 6.92 Å². The van der Waals surface area contributed by atoms with Crippen LogP contribution in [-0.2, 0) is 4.79 Å². The maximum absolute atomic E-state index is 10.6. The van der Waals surface area contributed by atoms with E-state index in [4.69, 9.17) is 0 Å². The van der Waals surface area contributed by atoms with Crippen LogP contribution in [0.2, 0.25) is 0 Å². The van der Waals surface area contributed by atoms with Gasteiger partial charge in [-0.1, -0.05) is 54.6 Å². The van der Waals surface area contributed by atoms with Gasteiger partial charge in [-0.05, 0) is 16.7 Å². The molecule has 0 bridgehead atoms. The molecule has 2 aromatic rings. The normalized spacial score (nSPS) is 10.5. The first kappa shape index (κ1) is 12.0. The molecule has 1 N–H and O–H groups in total. The maximum Gasteiger partial charge on any atom is 0.236 e. The van der Waals surface area contributed by atoms with E-state index < -0.39 is 0 Å². The minimum atomic E-state index is -0.174. The number of carbonyl (C=O) groups excluding carboxylic acids is 1. The van der Waals surface area contributed by atoms with Gasteiger partial charge < -0.3 is 0 Å². The van der Waals surface area contributed by atoms with Gasteiger partial charge in [0.1, 0.15) is 0 Å². The second kappa shape index (κ2) is 5.77. The van der Waals surface area contributed by atoms with E-state index in [0.717, 1.165) is 11.1 Å². The second-order valence-electron chi connectivity index (χ2n) is 3.91. The van der Waals surface area contributed by atoms with Crippen molar-refractivity contribution in [1.29, 1.82) is 0 Å². The lowest BCUT2D eigenvalue weighted by Crippen LogP contribution is -2.12. The first-order valence-electron chi connectivity index (χ1n) is 5.71. The molecular formula is C15H14N2O. The van der Waals surface area contributed by atoms with Crippen molar-refractivity contribution in [2.75, 3.05) is 0 Å². The van der Waals surface area contributed by atoms with Crippen LogP contribution in [-0.4, -0.2) is 12.1 Å². The summed E-state index contributed by atoms with van der Waals surface area (Å²) < 4.78 is 0. The van der Waals surface area contributed by atoms with Gasteiger partial charge in [-0.3, -0.25) is 4.79 Å². The molecule has 0 heterocycles. The van der Waals surface area contributed by atoms with Crippen LogP contribution < -0.4 is 5.43 Å². The number of benzene rings is 2. The van der Waals surface area contributed by atoms with Crippen molar-refractivity contribution in [3.8, 4) is 11.1 Å². The highest BCUT2D eigenvalue weighted by Crippen LogP contribution is 2.18. The van der Waals surface area contributed by atoms with Crippen LogP contribution in [0.15, 0.2) is 59.7 Å². The zero-order valence-electron chi connectivity index (χ0n) is 10.1. The van der Waals surface area contributed by atoms with Crippen molar-refractivity contribution < 1.29 is 4.79 Å². The third-order valence-electron chi connectivity index (χ3n) is 2.45. The summed E-state index contributed by atoms with van der Waals surface area (Å²) in [7, 11) is 0. The first-order chi connectivity index (χ1) is 8.75. The van der Waals surface area contributed by atoms with E-state index in [1.54, 1.807) is 6.21 Å². The Morgan fingerprint density at radius 2 is 1.61 bits per heavy atom. The number of hydrogen-bond acceptors (Lipinski definition) is 2. The average Bonchev–Trinajstić information content (AvgIpc) is 2.40. The topological polar surface area (TPSA) is 41.5 Å². The third kappa shape index (κ3) is 3.28. The SMILES string of the molecule is CC(=O)N/N=C\c1ccc(-c2ccccc2)cc1. The van der Waals surface area contributed by atoms with Crippen LogP contribution >= 0.6 is 0 Å². The highest BCUT2D eigenvalue weighted by molar-refractivity contribution is 5.82. The highest BCUT2D eigenvalue weighted by atomic mass is 16.2. The monoisotopic (exact) mass is 238 g/mol. The standard InChI is InChI=1S/C15H14N2O/c1-12(18)17-16-11-13-7-9-15(10-8-13)14-5-3-2-4-6-14/h2-11H,1H3,(H,17,18)/b16-11-. The molecule has 0 saturated carbocycles. The van der Waals surface area contributed by atoms with E-state index in [2.05, 4.69) is 22.7 Å². The smallest absolute Gasteiger partial charge is 0.236 e. The number of amides is 1. The van der Waals surface area contributed by atoms with Crippen molar-refractivity contribution in [3.05, 3.63) is 60.2 Å². The molecule has 0 aliphatic carbocycles. The zero-order valence-corrected chi connectivity index (χ0v) is 10.1. The van der Waals surface area contributed by atoms with Crippen LogP contribution in [0.4, 0.5) is 0 Å². The van der Waals surface area contributed by atoms with E-state index in [1.165, 1.54) is 12.5 Å². The molecule has 2 aromatic carbocycles. The number of nitrogens with zero attached hydrogens (tertiary/aromatic N) is 1. The second-order valence-corrected chi connectivity index (χ2v) is 3.91. The van der Waals surface area contributed by atoms with Gasteiger partial charge in [-0.25, -0.2) is 5.43 Å². The summed E-state index contributed by atoms with van der Waals surface area (Å²) in [6, 6.07) is 18.2. The average molecular weight is 238 g/mol. The van der Waals surface area contributed by atoms with Gasteiger partial charge in [0.25, 0.3) is 0 Å². The van der Waals surface area contributed by atoms with Crippen LogP contribution in [0.25, 0.3) is 11.1 Å². The predicted octanol–water partition coefficient (Wildman–Crippen LogP) is 2.82. The summed E-state index contributed by atoms with van der Waals surface area (Å²) in [5.41, 5.74) is 5.66. The summed E-state index contributed by atoms with van der Waals surface area (Å²) in [6.07, 6.45) is 1.62. The van der Waals surface area contributed by atoms with Gasteiger partial charge in [-0.2, -0.15) is 5.10 Å². The molecular weight excluding hydrogens is 224 g/mol. The summed E-state index contributed by atoms with van der Waals surface area (Å²) in [5, 5.41) is 3.82. The molecule has 0 radical (unpaired) electrons. The largest absolute Gasteiger partial charge is 0.274 e. The fourth-order valence-corrected chi connectivity index (χ4v) is 1.59. The minimum Gasteiger partial charge on any atom is -0.274 e. The molecule has 2 rings (SSSR count). The van der Waals surface area contributed by atoms with Gasteiger partial charge >= 0.3 is 0 Å². The first-order valence-corrected chi connectivity index (χ1v) is 5.71. The molecule has 0 aliphatic rings. The van der Waals surface area contributed by atoms with Gasteiger partial charge in [0.2, 0.25) is 5.91 Å². The van der Waals surface area contributed by atoms with Gasteiger partial charge in [0.05, 0.1) is 6.21 Å². The van der Waals surface area contributed by atoms with Crippen molar-refractivity contribution in [3.63, 3.8) is 0 Å². The van der Waals surface area contributed by atoms with Crippen molar-refractivity contribution in [2.24, 2.45) is 5.10 Å². The fourth-order valence-electron chi connectivity index (χ4n) is 1.59. The molecule has 0 atom stereocenters. The molecule has 0 aromatic heterocycles. The maximum atomic E-state index is 10.6.